The molecule has 59 heavy (non-hydrogen) atoms. The lowest BCUT2D eigenvalue weighted by Crippen LogP contribution is -2.50. The van der Waals surface area contributed by atoms with Crippen molar-refractivity contribution in [2.75, 3.05) is 120 Å². The quantitative estimate of drug-likeness (QED) is 0.0924. The summed E-state index contributed by atoms with van der Waals surface area (Å²) in [6.07, 6.45) is 2.64. The number of methoxy groups -OCH3 is 4. The molecule has 0 bridgehead atoms. The highest BCUT2D eigenvalue weighted by Gasteiger charge is 2.25. The molecule has 0 aliphatic carbocycles. The van der Waals surface area contributed by atoms with E-state index in [0.29, 0.717) is 63.7 Å². The maximum absolute atomic E-state index is 13.5. The normalized spacial score (nSPS) is 14.9. The molecule has 0 aromatic heterocycles. The second-order valence-corrected chi connectivity index (χ2v) is 14.9. The molecule has 2 saturated heterocycles. The number of ether oxygens (including phenoxy) is 6. The van der Waals surface area contributed by atoms with Gasteiger partial charge >= 0.3 is 0 Å². The highest BCUT2D eigenvalue weighted by atomic mass is 16.5. The Kier molecular flexibility index (Phi) is 16.4. The van der Waals surface area contributed by atoms with Gasteiger partial charge in [-0.3, -0.25) is 19.4 Å². The van der Waals surface area contributed by atoms with E-state index < -0.39 is 0 Å². The van der Waals surface area contributed by atoms with Gasteiger partial charge < -0.3 is 38.2 Å². The van der Waals surface area contributed by atoms with Gasteiger partial charge in [0.15, 0.2) is 0 Å². The van der Waals surface area contributed by atoms with E-state index in [0.717, 1.165) is 104 Å². The van der Waals surface area contributed by atoms with Crippen LogP contribution >= 0.6 is 0 Å². The largest absolute Gasteiger partial charge is 0.497 e. The summed E-state index contributed by atoms with van der Waals surface area (Å²) < 4.78 is 33.4. The lowest BCUT2D eigenvalue weighted by Gasteiger charge is -2.37. The molecule has 2 aliphatic rings. The molecule has 0 unspecified atom stereocenters. The van der Waals surface area contributed by atoms with Crippen molar-refractivity contribution >= 4 is 11.8 Å². The molecule has 2 fully saturated rings. The number of carbonyl (C=O) groups excluding carboxylic acids is 2. The highest BCUT2D eigenvalue weighted by Crippen LogP contribution is 2.35. The third-order valence-corrected chi connectivity index (χ3v) is 11.0. The minimum absolute atomic E-state index is 0.0613. The van der Waals surface area contributed by atoms with E-state index in [1.54, 1.807) is 28.4 Å². The summed E-state index contributed by atoms with van der Waals surface area (Å²) in [6, 6.07) is 27.1. The van der Waals surface area contributed by atoms with E-state index >= 15 is 0 Å². The predicted molar refractivity (Wildman–Crippen MR) is 230 cm³/mol. The Morgan fingerprint density at radius 3 is 1.22 bits per heavy atom. The van der Waals surface area contributed by atoms with Gasteiger partial charge in [-0.1, -0.05) is 24.3 Å². The molecule has 0 spiro atoms. The molecule has 2 amide bonds. The third kappa shape index (κ3) is 12.0. The zero-order valence-electron chi connectivity index (χ0n) is 35.2. The van der Waals surface area contributed by atoms with Gasteiger partial charge in [0.2, 0.25) is 0 Å². The molecule has 4 aromatic rings. The zero-order chi connectivity index (χ0) is 41.4. The van der Waals surface area contributed by atoms with Gasteiger partial charge in [0.25, 0.3) is 11.8 Å². The van der Waals surface area contributed by atoms with E-state index in [4.69, 9.17) is 28.4 Å². The van der Waals surface area contributed by atoms with Gasteiger partial charge in [-0.25, -0.2) is 0 Å². The lowest BCUT2D eigenvalue weighted by molar-refractivity contribution is 0.0606. The number of amides is 2. The minimum Gasteiger partial charge on any atom is -0.497 e. The van der Waals surface area contributed by atoms with Crippen LogP contribution in [0.4, 0.5) is 0 Å². The Morgan fingerprint density at radius 2 is 0.864 bits per heavy atom. The van der Waals surface area contributed by atoms with Crippen LogP contribution in [-0.4, -0.2) is 152 Å². The van der Waals surface area contributed by atoms with Crippen LogP contribution in [0.15, 0.2) is 84.9 Å². The van der Waals surface area contributed by atoms with Crippen molar-refractivity contribution in [1.29, 1.82) is 0 Å². The average Bonchev–Trinajstić information content (AvgIpc) is 3.29. The minimum atomic E-state index is 0.0613. The van der Waals surface area contributed by atoms with Crippen molar-refractivity contribution in [1.82, 2.24) is 19.6 Å². The molecule has 0 radical (unpaired) electrons. The molecule has 0 atom stereocenters. The summed E-state index contributed by atoms with van der Waals surface area (Å²) in [7, 11) is 6.67. The summed E-state index contributed by atoms with van der Waals surface area (Å²) in [4.78, 5) is 35.8. The first kappa shape index (κ1) is 43.4. The molecule has 316 valence electrons. The fraction of sp³-hybridized carbons (Fsp3) is 0.447. The van der Waals surface area contributed by atoms with Crippen molar-refractivity contribution in [3.05, 3.63) is 96.1 Å². The first-order valence-electron chi connectivity index (χ1n) is 20.7. The molecule has 2 heterocycles. The summed E-state index contributed by atoms with van der Waals surface area (Å²) >= 11 is 0. The molecule has 12 heteroatoms. The van der Waals surface area contributed by atoms with Crippen molar-refractivity contribution in [3.63, 3.8) is 0 Å². The maximum Gasteiger partial charge on any atom is 0.253 e. The van der Waals surface area contributed by atoms with Crippen LogP contribution in [0.3, 0.4) is 0 Å². The summed E-state index contributed by atoms with van der Waals surface area (Å²) in [5.41, 5.74) is 5.14. The SMILES string of the molecule is COCCCOc1ccc(OC)cc1-c1ccc(C(=O)N2CCN(CCCN3CCN(C(=O)c4ccc(-c5cc(OC)ccc5OCCCOC)cc4)CC3)CC2)cc1. The van der Waals surface area contributed by atoms with Gasteiger partial charge in [-0.05, 0) is 91.3 Å². The van der Waals surface area contributed by atoms with Crippen molar-refractivity contribution < 1.29 is 38.0 Å². The predicted octanol–water partition coefficient (Wildman–Crippen LogP) is 6.47. The van der Waals surface area contributed by atoms with E-state index in [1.807, 2.05) is 94.7 Å². The van der Waals surface area contributed by atoms with Gasteiger partial charge in [0.05, 0.1) is 27.4 Å². The van der Waals surface area contributed by atoms with Crippen LogP contribution in [0.25, 0.3) is 22.3 Å². The van der Waals surface area contributed by atoms with Gasteiger partial charge in [-0.15, -0.1) is 0 Å². The Bertz CT molecular complexity index is 1780. The van der Waals surface area contributed by atoms with E-state index in [9.17, 15) is 9.59 Å². The van der Waals surface area contributed by atoms with Crippen molar-refractivity contribution in [3.8, 4) is 45.3 Å². The fourth-order valence-corrected chi connectivity index (χ4v) is 7.56. The number of carbonyl (C=O) groups is 2. The van der Waals surface area contributed by atoms with E-state index in [-0.39, 0.29) is 11.8 Å². The summed E-state index contributed by atoms with van der Waals surface area (Å²) in [5, 5.41) is 0. The van der Waals surface area contributed by atoms with E-state index in [2.05, 4.69) is 9.80 Å². The molecule has 4 aromatic carbocycles. The van der Waals surface area contributed by atoms with Crippen LogP contribution in [0.1, 0.15) is 40.0 Å². The monoisotopic (exact) mass is 808 g/mol. The summed E-state index contributed by atoms with van der Waals surface area (Å²) in [5.74, 6) is 3.16. The van der Waals surface area contributed by atoms with Crippen LogP contribution in [-0.2, 0) is 9.47 Å². The molecule has 0 saturated carbocycles. The Hall–Kier alpha value is -5.14. The molecular weight excluding hydrogens is 749 g/mol. The van der Waals surface area contributed by atoms with Crippen LogP contribution in [0.5, 0.6) is 23.0 Å². The zero-order valence-corrected chi connectivity index (χ0v) is 35.2. The number of hydrogen-bond acceptors (Lipinski definition) is 10. The topological polar surface area (TPSA) is 102 Å². The van der Waals surface area contributed by atoms with Crippen molar-refractivity contribution in [2.45, 2.75) is 19.3 Å². The Labute approximate surface area is 349 Å². The highest BCUT2D eigenvalue weighted by molar-refractivity contribution is 5.95. The van der Waals surface area contributed by atoms with Crippen LogP contribution in [0.2, 0.25) is 0 Å². The first-order valence-corrected chi connectivity index (χ1v) is 20.7. The number of rotatable bonds is 20. The second-order valence-electron chi connectivity index (χ2n) is 14.9. The van der Waals surface area contributed by atoms with Gasteiger partial charge in [-0.2, -0.15) is 0 Å². The summed E-state index contributed by atoms with van der Waals surface area (Å²) in [6.45, 7) is 10.6. The third-order valence-electron chi connectivity index (χ3n) is 11.0. The Morgan fingerprint density at radius 1 is 0.475 bits per heavy atom. The maximum atomic E-state index is 13.5. The lowest BCUT2D eigenvalue weighted by atomic mass is 10.0. The molecule has 0 N–H and O–H groups in total. The van der Waals surface area contributed by atoms with Crippen LogP contribution in [0, 0.1) is 0 Å². The first-order chi connectivity index (χ1) is 28.9. The molecule has 12 nitrogen and oxygen atoms in total. The number of benzene rings is 4. The molecule has 6 rings (SSSR count). The number of piperazine rings is 2. The fourth-order valence-electron chi connectivity index (χ4n) is 7.56. The standard InChI is InChI=1S/C47H60N4O8/c1-54-30-6-32-58-44-18-16-40(56-3)34-42(44)36-8-12-38(13-9-36)46(52)50-26-22-48(23-27-50)20-5-21-49-24-28-51(29-25-49)47(53)39-14-10-37(11-15-39)43-35-41(57-4)17-19-45(43)59-33-7-31-55-2/h8-19,34-35H,5-7,20-33H2,1-4H3. The van der Waals surface area contributed by atoms with E-state index in [1.165, 1.54) is 0 Å². The average molecular weight is 809 g/mol. The van der Waals surface area contributed by atoms with Crippen LogP contribution < -0.4 is 18.9 Å². The van der Waals surface area contributed by atoms with Crippen molar-refractivity contribution in [2.24, 2.45) is 0 Å². The number of nitrogens with zero attached hydrogens (tertiary/aromatic N) is 4. The smallest absolute Gasteiger partial charge is 0.253 e. The van der Waals surface area contributed by atoms with Gasteiger partial charge in [0, 0.05) is 115 Å². The Balaban J connectivity index is 0.913. The second kappa shape index (κ2) is 22.3. The number of hydrogen-bond donors (Lipinski definition) is 0. The molecule has 2 aliphatic heterocycles. The van der Waals surface area contributed by atoms with Gasteiger partial charge in [0.1, 0.15) is 23.0 Å². The molecular formula is C47H60N4O8.